The van der Waals surface area contributed by atoms with Crippen molar-refractivity contribution >= 4 is 29.0 Å². The first-order valence-corrected chi connectivity index (χ1v) is 12.9. The van der Waals surface area contributed by atoms with Crippen LogP contribution in [0.25, 0.3) is 0 Å². The van der Waals surface area contributed by atoms with Crippen molar-refractivity contribution in [3.63, 3.8) is 0 Å². The maximum absolute atomic E-state index is 13.5. The number of hydrogen-bond donors (Lipinski definition) is 1. The van der Waals surface area contributed by atoms with E-state index in [2.05, 4.69) is 5.32 Å². The summed E-state index contributed by atoms with van der Waals surface area (Å²) in [6.07, 6.45) is 1.60. The van der Waals surface area contributed by atoms with Gasteiger partial charge in [0.15, 0.2) is 12.1 Å². The topological polar surface area (TPSA) is 72.5 Å². The van der Waals surface area contributed by atoms with Gasteiger partial charge < -0.3 is 14.5 Å². The number of quaternary nitrogens is 1. The molecule has 2 bridgehead atoms. The van der Waals surface area contributed by atoms with E-state index < -0.39 is 12.0 Å². The number of carbonyl (C=O) groups is 3. The highest BCUT2D eigenvalue weighted by atomic mass is 32.1. The van der Waals surface area contributed by atoms with E-state index in [-0.39, 0.29) is 31.1 Å². The number of Topliss-reactive ketones (excluding diaryl/α,β-unsaturated/α-hetero) is 1. The molecule has 7 heteroatoms. The van der Waals surface area contributed by atoms with Gasteiger partial charge in [0.2, 0.25) is 5.78 Å². The lowest BCUT2D eigenvalue weighted by Crippen LogP contribution is -2.65. The molecule has 6 rings (SSSR count). The average molecular weight is 506 g/mol. The molecule has 1 aromatic heterocycles. The molecule has 1 N–H and O–H groups in total. The van der Waals surface area contributed by atoms with Crippen molar-refractivity contribution in [2.45, 2.75) is 32.4 Å². The summed E-state index contributed by atoms with van der Waals surface area (Å²) in [5.74, 6) is -0.336. The van der Waals surface area contributed by atoms with Crippen LogP contribution in [-0.2, 0) is 9.53 Å². The van der Waals surface area contributed by atoms with Crippen LogP contribution in [-0.4, -0.2) is 54.4 Å². The standard InChI is InChI=1S/C28H28N2O4S.CH4/c31-23(25-12-7-17-35-25)18-30-15-13-20(14-16-30)24(19-30)34-28(33)26(21-8-3-1-4-9-21)29-27(32)22-10-5-2-6-11-22;/h1-12,17,20,24,26H,13-16,18-19H2;1H4/p+1/t20?,24-,26?,30?;/m0./s1. The zero-order chi connectivity index (χ0) is 24.3. The van der Waals surface area contributed by atoms with Gasteiger partial charge in [0.25, 0.3) is 5.91 Å². The van der Waals surface area contributed by atoms with Crippen molar-refractivity contribution < 1.29 is 23.6 Å². The average Bonchev–Trinajstić information content (AvgIpc) is 3.44. The quantitative estimate of drug-likeness (QED) is 0.269. The first-order valence-electron chi connectivity index (χ1n) is 12.1. The van der Waals surface area contributed by atoms with Crippen molar-refractivity contribution in [2.75, 3.05) is 26.2 Å². The van der Waals surface area contributed by atoms with E-state index in [1.54, 1.807) is 24.3 Å². The molecule has 1 amide bonds. The van der Waals surface area contributed by atoms with Gasteiger partial charge in [0.05, 0.1) is 18.0 Å². The zero-order valence-electron chi connectivity index (χ0n) is 19.5. The lowest BCUT2D eigenvalue weighted by atomic mass is 9.83. The third kappa shape index (κ3) is 5.58. The molecule has 2 atom stereocenters. The summed E-state index contributed by atoms with van der Waals surface area (Å²) in [6, 6.07) is 20.9. The molecule has 0 aliphatic carbocycles. The van der Waals surface area contributed by atoms with Crippen LogP contribution in [0.2, 0.25) is 0 Å². The van der Waals surface area contributed by atoms with E-state index >= 15 is 0 Å². The molecule has 0 radical (unpaired) electrons. The maximum atomic E-state index is 13.5. The smallest absolute Gasteiger partial charge is 0.333 e. The van der Waals surface area contributed by atoms with E-state index in [0.717, 1.165) is 30.8 Å². The Hall–Kier alpha value is -3.29. The number of esters is 1. The highest BCUT2D eigenvalue weighted by molar-refractivity contribution is 7.12. The molecular weight excluding hydrogens is 472 g/mol. The van der Waals surface area contributed by atoms with E-state index in [9.17, 15) is 14.4 Å². The van der Waals surface area contributed by atoms with Gasteiger partial charge in [-0.25, -0.2) is 4.79 Å². The van der Waals surface area contributed by atoms with E-state index in [0.29, 0.717) is 28.7 Å². The highest BCUT2D eigenvalue weighted by Gasteiger charge is 2.49. The molecule has 0 spiro atoms. The van der Waals surface area contributed by atoms with Crippen LogP contribution in [0.1, 0.15) is 51.9 Å². The molecule has 3 aromatic rings. The summed E-state index contributed by atoms with van der Waals surface area (Å²) >= 11 is 1.47. The summed E-state index contributed by atoms with van der Waals surface area (Å²) in [7, 11) is 0. The number of carbonyl (C=O) groups excluding carboxylic acids is 3. The number of hydrogen-bond acceptors (Lipinski definition) is 5. The predicted molar refractivity (Wildman–Crippen MR) is 141 cm³/mol. The Bertz CT molecular complexity index is 1170. The van der Waals surface area contributed by atoms with Crippen LogP contribution >= 0.6 is 11.3 Å². The number of piperidine rings is 3. The van der Waals surface area contributed by atoms with Gasteiger partial charge in [0.1, 0.15) is 13.1 Å². The number of fused-ring (bicyclic) bond motifs is 3. The summed E-state index contributed by atoms with van der Waals surface area (Å²) in [5.41, 5.74) is 1.17. The third-order valence-electron chi connectivity index (χ3n) is 7.26. The van der Waals surface area contributed by atoms with Crippen LogP contribution in [0, 0.1) is 5.92 Å². The number of ketones is 1. The minimum Gasteiger partial charge on any atom is -0.454 e. The Morgan fingerprint density at radius 1 is 0.944 bits per heavy atom. The second kappa shape index (κ2) is 11.2. The fraction of sp³-hybridized carbons (Fsp3) is 0.345. The Labute approximate surface area is 216 Å². The Balaban J connectivity index is 0.00000304. The first-order chi connectivity index (χ1) is 17.0. The summed E-state index contributed by atoms with van der Waals surface area (Å²) in [5, 5.41) is 4.80. The van der Waals surface area contributed by atoms with Gasteiger partial charge >= 0.3 is 5.97 Å². The molecule has 0 saturated carbocycles. The predicted octanol–water partition coefficient (Wildman–Crippen LogP) is 4.89. The molecule has 3 fully saturated rings. The number of ether oxygens (including phenoxy) is 1. The van der Waals surface area contributed by atoms with Gasteiger partial charge in [-0.05, 0) is 29.1 Å². The molecule has 4 heterocycles. The summed E-state index contributed by atoms with van der Waals surface area (Å²) in [4.78, 5) is 40.0. The van der Waals surface area contributed by atoms with Crippen LogP contribution in [0.5, 0.6) is 0 Å². The van der Waals surface area contributed by atoms with E-state index in [1.165, 1.54) is 11.3 Å². The van der Waals surface area contributed by atoms with Crippen molar-refractivity contribution in [3.8, 4) is 0 Å². The van der Waals surface area contributed by atoms with Crippen LogP contribution in [0.4, 0.5) is 0 Å². The van der Waals surface area contributed by atoms with Gasteiger partial charge in [-0.3, -0.25) is 9.59 Å². The largest absolute Gasteiger partial charge is 0.454 e. The first kappa shape index (κ1) is 25.8. The Morgan fingerprint density at radius 2 is 1.61 bits per heavy atom. The second-order valence-electron chi connectivity index (χ2n) is 9.53. The van der Waals surface area contributed by atoms with Crippen LogP contribution in [0.15, 0.2) is 78.2 Å². The number of benzene rings is 2. The number of amides is 1. The van der Waals surface area contributed by atoms with Crippen molar-refractivity contribution in [1.82, 2.24) is 5.32 Å². The van der Waals surface area contributed by atoms with E-state index in [1.807, 2.05) is 53.9 Å². The third-order valence-corrected chi connectivity index (χ3v) is 8.17. The van der Waals surface area contributed by atoms with Crippen LogP contribution in [0.3, 0.4) is 0 Å². The highest BCUT2D eigenvalue weighted by Crippen LogP contribution is 2.36. The zero-order valence-corrected chi connectivity index (χ0v) is 20.3. The molecule has 6 nitrogen and oxygen atoms in total. The summed E-state index contributed by atoms with van der Waals surface area (Å²) < 4.78 is 6.76. The molecule has 3 aliphatic rings. The fourth-order valence-electron chi connectivity index (χ4n) is 5.34. The number of nitrogens with zero attached hydrogens (tertiary/aromatic N) is 1. The molecule has 3 saturated heterocycles. The van der Waals surface area contributed by atoms with Gasteiger partial charge in [-0.1, -0.05) is 62.0 Å². The van der Waals surface area contributed by atoms with Crippen molar-refractivity contribution in [2.24, 2.45) is 5.92 Å². The number of rotatable bonds is 8. The molecule has 188 valence electrons. The number of nitrogens with one attached hydrogen (secondary N) is 1. The lowest BCUT2D eigenvalue weighted by molar-refractivity contribution is -0.938. The van der Waals surface area contributed by atoms with Gasteiger partial charge in [-0.2, -0.15) is 0 Å². The minimum atomic E-state index is -0.902. The Morgan fingerprint density at radius 3 is 2.25 bits per heavy atom. The molecule has 1 unspecified atom stereocenters. The maximum Gasteiger partial charge on any atom is 0.333 e. The van der Waals surface area contributed by atoms with Gasteiger partial charge in [0, 0.05) is 24.3 Å². The molecular formula is C29H33N2O4S+. The Kier molecular flexibility index (Phi) is 8.01. The van der Waals surface area contributed by atoms with Crippen molar-refractivity contribution in [1.29, 1.82) is 0 Å². The monoisotopic (exact) mass is 505 g/mol. The number of thiophene rings is 1. The lowest BCUT2D eigenvalue weighted by Gasteiger charge is -2.51. The molecule has 2 aromatic carbocycles. The fourth-order valence-corrected chi connectivity index (χ4v) is 6.00. The van der Waals surface area contributed by atoms with Crippen molar-refractivity contribution in [3.05, 3.63) is 94.2 Å². The van der Waals surface area contributed by atoms with Crippen LogP contribution < -0.4 is 5.32 Å². The molecule has 3 aliphatic heterocycles. The normalized spacial score (nSPS) is 23.2. The second-order valence-corrected chi connectivity index (χ2v) is 10.5. The minimum absolute atomic E-state index is 0. The molecule has 36 heavy (non-hydrogen) atoms. The summed E-state index contributed by atoms with van der Waals surface area (Å²) in [6.45, 7) is 2.95. The van der Waals surface area contributed by atoms with Gasteiger partial charge in [-0.15, -0.1) is 11.3 Å². The SMILES string of the molecule is C.O=C(NC(C(=O)O[C@H]1C[N+]2(CC(=O)c3cccs3)CCC1CC2)c1ccccc1)c1ccccc1. The van der Waals surface area contributed by atoms with E-state index in [4.69, 9.17) is 4.74 Å².